The van der Waals surface area contributed by atoms with Crippen molar-refractivity contribution in [3.05, 3.63) is 114 Å². The monoisotopic (exact) mass is 558 g/mol. The third-order valence-electron chi connectivity index (χ3n) is 6.43. The number of thioether (sulfide) groups is 1. The van der Waals surface area contributed by atoms with E-state index in [0.29, 0.717) is 16.9 Å². The molecule has 40 heavy (non-hydrogen) atoms. The Bertz CT molecular complexity index is 1340. The van der Waals surface area contributed by atoms with Gasteiger partial charge in [-0.1, -0.05) is 78.9 Å². The lowest BCUT2D eigenvalue weighted by Gasteiger charge is -2.54. The summed E-state index contributed by atoms with van der Waals surface area (Å²) in [6.07, 6.45) is 1.32. The molecule has 0 unspecified atom stereocenters. The van der Waals surface area contributed by atoms with Gasteiger partial charge in [0.1, 0.15) is 30.4 Å². The Hall–Kier alpha value is -4.57. The zero-order valence-electron chi connectivity index (χ0n) is 21.3. The molecule has 2 atom stereocenters. The molecule has 0 aromatic heterocycles. The first-order valence-electron chi connectivity index (χ1n) is 12.5. The highest BCUT2D eigenvalue weighted by Gasteiger charge is 2.66. The average molecular weight is 559 g/mol. The Kier molecular flexibility index (Phi) is 8.16. The van der Waals surface area contributed by atoms with Crippen molar-refractivity contribution in [2.24, 2.45) is 0 Å². The molecule has 0 bridgehead atoms. The Morgan fingerprint density at radius 1 is 0.800 bits per heavy atom. The summed E-state index contributed by atoms with van der Waals surface area (Å²) in [5.74, 6) is -2.50. The van der Waals surface area contributed by atoms with Crippen molar-refractivity contribution in [2.75, 3.05) is 6.61 Å². The number of carbonyl (C=O) groups is 4. The topological polar surface area (TPSA) is 111 Å². The summed E-state index contributed by atoms with van der Waals surface area (Å²) < 4.78 is 16.6. The number of nitrogens with zero attached hydrogens (tertiary/aromatic N) is 1. The molecule has 3 aromatic rings. The number of hydrogen-bond donors (Lipinski definition) is 1. The van der Waals surface area contributed by atoms with Gasteiger partial charge in [-0.25, -0.2) is 9.59 Å². The molecule has 2 heterocycles. The van der Waals surface area contributed by atoms with Crippen LogP contribution in [-0.2, 0) is 41.9 Å². The van der Waals surface area contributed by atoms with Crippen molar-refractivity contribution >= 4 is 35.5 Å². The SMILES string of the molecule is O=C(COc1ccccc1)N[C@@H]1C(=O)N2[C@@H]1SC=CC2(C(=O)OCc1ccccc1)C(=O)OCc1ccccc1. The van der Waals surface area contributed by atoms with Crippen LogP contribution in [0.5, 0.6) is 5.75 Å². The van der Waals surface area contributed by atoms with Gasteiger partial charge in [-0.2, -0.15) is 0 Å². The van der Waals surface area contributed by atoms with Crippen molar-refractivity contribution in [1.29, 1.82) is 0 Å². The number of nitrogens with one attached hydrogen (secondary N) is 1. The number of rotatable bonds is 10. The minimum atomic E-state index is -2.14. The quantitative estimate of drug-likeness (QED) is 0.230. The molecule has 1 N–H and O–H groups in total. The third-order valence-corrected chi connectivity index (χ3v) is 7.48. The number of benzene rings is 3. The van der Waals surface area contributed by atoms with E-state index in [0.717, 1.165) is 4.90 Å². The van der Waals surface area contributed by atoms with Crippen LogP contribution in [0, 0.1) is 0 Å². The number of fused-ring (bicyclic) bond motifs is 1. The first kappa shape index (κ1) is 27.0. The molecule has 0 saturated carbocycles. The van der Waals surface area contributed by atoms with Gasteiger partial charge in [0.15, 0.2) is 6.61 Å². The van der Waals surface area contributed by atoms with Crippen LogP contribution < -0.4 is 10.1 Å². The average Bonchev–Trinajstić information content (AvgIpc) is 3.01. The summed E-state index contributed by atoms with van der Waals surface area (Å²) in [5.41, 5.74) is -0.709. The van der Waals surface area contributed by atoms with E-state index in [9.17, 15) is 19.2 Å². The predicted molar refractivity (Wildman–Crippen MR) is 146 cm³/mol. The van der Waals surface area contributed by atoms with Gasteiger partial charge in [0.2, 0.25) is 0 Å². The van der Waals surface area contributed by atoms with Crippen LogP contribution in [0.15, 0.2) is 102 Å². The standard InChI is InChI=1S/C30H26N2O7S/c33-24(20-37-23-14-8-3-9-15-23)31-25-26(34)32-27(25)40-17-16-30(32,28(35)38-18-21-10-4-1-5-11-21)29(36)39-19-22-12-6-2-7-13-22/h1-17,25,27H,18-20H2,(H,31,33)/t25-,27-/m1/s1. The molecule has 1 fully saturated rings. The molecular weight excluding hydrogens is 532 g/mol. The number of esters is 2. The van der Waals surface area contributed by atoms with Gasteiger partial charge >= 0.3 is 11.9 Å². The highest BCUT2D eigenvalue weighted by Crippen LogP contribution is 2.43. The summed E-state index contributed by atoms with van der Waals surface area (Å²) in [6.45, 7) is -0.499. The van der Waals surface area contributed by atoms with Crippen molar-refractivity contribution in [3.8, 4) is 5.75 Å². The van der Waals surface area contributed by atoms with E-state index in [4.69, 9.17) is 14.2 Å². The lowest BCUT2D eigenvalue weighted by atomic mass is 9.90. The molecule has 2 aliphatic heterocycles. The number of hydrogen-bond acceptors (Lipinski definition) is 8. The lowest BCUT2D eigenvalue weighted by Crippen LogP contribution is -2.79. The van der Waals surface area contributed by atoms with E-state index in [1.165, 1.54) is 17.8 Å². The number of carbonyl (C=O) groups excluding carboxylic acids is 4. The van der Waals surface area contributed by atoms with E-state index in [-0.39, 0.29) is 19.8 Å². The maximum atomic E-state index is 13.6. The van der Waals surface area contributed by atoms with Gasteiger partial charge in [0.25, 0.3) is 17.4 Å². The molecule has 0 aliphatic carbocycles. The van der Waals surface area contributed by atoms with E-state index < -0.39 is 40.7 Å². The van der Waals surface area contributed by atoms with Gasteiger partial charge in [0, 0.05) is 0 Å². The van der Waals surface area contributed by atoms with E-state index in [2.05, 4.69) is 5.32 Å². The molecule has 0 radical (unpaired) electrons. The number of amides is 2. The molecular formula is C30H26N2O7S. The summed E-state index contributed by atoms with van der Waals surface area (Å²) in [6, 6.07) is 25.8. The van der Waals surface area contributed by atoms with Crippen molar-refractivity contribution in [2.45, 2.75) is 30.2 Å². The summed E-state index contributed by atoms with van der Waals surface area (Å²) in [5, 5.41) is 3.48. The largest absolute Gasteiger partial charge is 0.484 e. The van der Waals surface area contributed by atoms with Gasteiger partial charge in [-0.15, -0.1) is 11.8 Å². The van der Waals surface area contributed by atoms with Crippen LogP contribution >= 0.6 is 11.8 Å². The number of ether oxygens (including phenoxy) is 3. The van der Waals surface area contributed by atoms with Gasteiger partial charge in [-0.05, 0) is 34.7 Å². The molecule has 2 amide bonds. The fourth-order valence-corrected chi connectivity index (χ4v) is 5.54. The molecule has 10 heteroatoms. The fraction of sp³-hybridized carbons (Fsp3) is 0.200. The molecule has 2 aliphatic rings. The molecule has 1 saturated heterocycles. The predicted octanol–water partition coefficient (Wildman–Crippen LogP) is 3.20. The van der Waals surface area contributed by atoms with Gasteiger partial charge in [-0.3, -0.25) is 14.5 Å². The zero-order chi connectivity index (χ0) is 28.0. The Morgan fingerprint density at radius 3 is 1.88 bits per heavy atom. The first-order valence-corrected chi connectivity index (χ1v) is 13.5. The van der Waals surface area contributed by atoms with Gasteiger partial charge < -0.3 is 19.5 Å². The molecule has 0 spiro atoms. The van der Waals surface area contributed by atoms with Crippen LogP contribution in [-0.4, -0.2) is 52.2 Å². The normalized spacial score (nSPS) is 18.6. The van der Waals surface area contributed by atoms with E-state index in [1.54, 1.807) is 78.2 Å². The summed E-state index contributed by atoms with van der Waals surface area (Å²) in [4.78, 5) is 54.3. The smallest absolute Gasteiger partial charge is 0.348 e. The Balaban J connectivity index is 1.32. The van der Waals surface area contributed by atoms with E-state index in [1.807, 2.05) is 18.2 Å². The molecule has 5 rings (SSSR count). The molecule has 204 valence electrons. The van der Waals surface area contributed by atoms with Crippen LogP contribution in [0.2, 0.25) is 0 Å². The van der Waals surface area contributed by atoms with Crippen molar-refractivity contribution in [3.63, 3.8) is 0 Å². The minimum Gasteiger partial charge on any atom is -0.484 e. The van der Waals surface area contributed by atoms with Crippen LogP contribution in [0.25, 0.3) is 0 Å². The second-order valence-electron chi connectivity index (χ2n) is 9.07. The lowest BCUT2D eigenvalue weighted by molar-refractivity contribution is -0.185. The van der Waals surface area contributed by atoms with Crippen molar-refractivity contribution in [1.82, 2.24) is 10.2 Å². The van der Waals surface area contributed by atoms with Crippen LogP contribution in [0.1, 0.15) is 11.1 Å². The fourth-order valence-electron chi connectivity index (χ4n) is 4.37. The Morgan fingerprint density at radius 2 is 1.32 bits per heavy atom. The highest BCUT2D eigenvalue weighted by atomic mass is 32.2. The second kappa shape index (κ2) is 12.1. The number of para-hydroxylation sites is 1. The Labute approximate surface area is 235 Å². The van der Waals surface area contributed by atoms with Crippen LogP contribution in [0.3, 0.4) is 0 Å². The second-order valence-corrected chi connectivity index (χ2v) is 10.1. The number of β-lactam (4-membered cyclic amide) rings is 1. The van der Waals surface area contributed by atoms with E-state index >= 15 is 0 Å². The summed E-state index contributed by atoms with van der Waals surface area (Å²) >= 11 is 1.20. The first-order chi connectivity index (χ1) is 19.5. The molecule has 3 aromatic carbocycles. The minimum absolute atomic E-state index is 0.0991. The third kappa shape index (κ3) is 5.57. The van der Waals surface area contributed by atoms with Crippen molar-refractivity contribution < 1.29 is 33.4 Å². The zero-order valence-corrected chi connectivity index (χ0v) is 22.1. The maximum absolute atomic E-state index is 13.6. The molecule has 9 nitrogen and oxygen atoms in total. The van der Waals surface area contributed by atoms with Gasteiger partial charge in [0.05, 0.1) is 0 Å². The van der Waals surface area contributed by atoms with Crippen LogP contribution in [0.4, 0.5) is 0 Å². The highest BCUT2D eigenvalue weighted by molar-refractivity contribution is 8.02. The maximum Gasteiger partial charge on any atom is 0.348 e. The summed E-state index contributed by atoms with van der Waals surface area (Å²) in [7, 11) is 0.